The maximum atomic E-state index is 14.1. The molecule has 5 nitrogen and oxygen atoms in total. The number of hydrogen-bond donors (Lipinski definition) is 0. The van der Waals surface area contributed by atoms with Gasteiger partial charge in [0.25, 0.3) is 0 Å². The molecule has 23 heavy (non-hydrogen) atoms. The summed E-state index contributed by atoms with van der Waals surface area (Å²) in [6, 6.07) is -0.462. The molecule has 6 heteroatoms. The molecule has 0 saturated carbocycles. The van der Waals surface area contributed by atoms with E-state index in [-0.39, 0.29) is 13.2 Å². The van der Waals surface area contributed by atoms with Crippen LogP contribution in [0.1, 0.15) is 47.5 Å². The Morgan fingerprint density at radius 2 is 2.13 bits per heavy atom. The summed E-state index contributed by atoms with van der Waals surface area (Å²) in [5.41, 5.74) is 0.365. The summed E-state index contributed by atoms with van der Waals surface area (Å²) in [6.45, 7) is 10.3. The lowest BCUT2D eigenvalue weighted by molar-refractivity contribution is -0.296. The highest BCUT2D eigenvalue weighted by Gasteiger charge is 2.34. The van der Waals surface area contributed by atoms with Gasteiger partial charge in [0.1, 0.15) is 5.60 Å². The number of likely N-dealkylation sites (tertiary alicyclic amines) is 1. The van der Waals surface area contributed by atoms with Gasteiger partial charge in [-0.1, -0.05) is 25.2 Å². The Hall–Kier alpha value is -1.40. The van der Waals surface area contributed by atoms with E-state index < -0.39 is 17.7 Å². The molecule has 1 aliphatic rings. The maximum Gasteiger partial charge on any atom is 0.410 e. The summed E-state index contributed by atoms with van der Waals surface area (Å²) in [4.78, 5) is 18.7. The van der Waals surface area contributed by atoms with Crippen LogP contribution in [0.5, 0.6) is 0 Å². The van der Waals surface area contributed by atoms with Gasteiger partial charge in [-0.05, 0) is 51.4 Å². The highest BCUT2D eigenvalue weighted by atomic mass is 19.2. The van der Waals surface area contributed by atoms with Gasteiger partial charge >= 0.3 is 6.09 Å². The van der Waals surface area contributed by atoms with Crippen LogP contribution in [-0.4, -0.2) is 47.6 Å². The number of ether oxygens (including phenoxy) is 1. The number of amides is 1. The van der Waals surface area contributed by atoms with E-state index in [9.17, 15) is 9.28 Å². The average molecular weight is 328 g/mol. The molecule has 132 valence electrons. The Morgan fingerprint density at radius 3 is 2.70 bits per heavy atom. The van der Waals surface area contributed by atoms with Crippen LogP contribution < -0.4 is 0 Å². The van der Waals surface area contributed by atoms with Crippen molar-refractivity contribution in [3.05, 3.63) is 23.8 Å². The van der Waals surface area contributed by atoms with Crippen molar-refractivity contribution in [3.63, 3.8) is 0 Å². The number of carbonyl (C=O) groups is 1. The molecule has 1 rings (SSSR count). The van der Waals surface area contributed by atoms with Gasteiger partial charge in [-0.2, -0.15) is 0 Å². The molecule has 1 heterocycles. The zero-order chi connectivity index (χ0) is 17.5. The minimum atomic E-state index is -0.548. The second-order valence-corrected chi connectivity index (χ2v) is 6.59. The molecular weight excluding hydrogens is 299 g/mol. The van der Waals surface area contributed by atoms with Gasteiger partial charge in [0.15, 0.2) is 0 Å². The topological polar surface area (TPSA) is 42.0 Å². The molecule has 1 saturated heterocycles. The second kappa shape index (κ2) is 9.03. The predicted molar refractivity (Wildman–Crippen MR) is 88.3 cm³/mol. The van der Waals surface area contributed by atoms with E-state index in [1.165, 1.54) is 4.90 Å². The summed E-state index contributed by atoms with van der Waals surface area (Å²) >= 11 is 0. The zero-order valence-corrected chi connectivity index (χ0v) is 14.8. The molecule has 0 aromatic heterocycles. The summed E-state index contributed by atoms with van der Waals surface area (Å²) in [5.74, 6) is 0. The van der Waals surface area contributed by atoms with Gasteiger partial charge < -0.3 is 9.64 Å². The molecular formula is C17H29FN2O3. The highest BCUT2D eigenvalue weighted by molar-refractivity contribution is 5.68. The van der Waals surface area contributed by atoms with Crippen LogP contribution in [0.4, 0.5) is 9.28 Å². The number of hydroxylamine groups is 1. The Labute approximate surface area is 138 Å². The fourth-order valence-electron chi connectivity index (χ4n) is 2.14. The minimum Gasteiger partial charge on any atom is -0.444 e. The third kappa shape index (κ3) is 7.14. The molecule has 0 N–H and O–H groups in total. The Balaban J connectivity index is 2.43. The molecule has 1 fully saturated rings. The Bertz CT molecular complexity index is 444. The second-order valence-electron chi connectivity index (χ2n) is 6.59. The first-order valence-corrected chi connectivity index (χ1v) is 8.14. The number of rotatable bonds is 6. The lowest BCUT2D eigenvalue weighted by Gasteiger charge is -2.25. The van der Waals surface area contributed by atoms with Crippen LogP contribution in [0.15, 0.2) is 23.8 Å². The molecule has 0 spiro atoms. The maximum absolute atomic E-state index is 14.1. The van der Waals surface area contributed by atoms with Gasteiger partial charge in [0.05, 0.1) is 12.6 Å². The number of hydrogen-bond acceptors (Lipinski definition) is 4. The number of halogens is 1. The van der Waals surface area contributed by atoms with Gasteiger partial charge in [0.2, 0.25) is 0 Å². The summed E-state index contributed by atoms with van der Waals surface area (Å²) in [6.07, 6.45) is 6.85. The molecule has 1 atom stereocenters. The van der Waals surface area contributed by atoms with E-state index in [0.29, 0.717) is 18.3 Å². The number of nitrogens with zero attached hydrogens (tertiary/aromatic N) is 2. The van der Waals surface area contributed by atoms with Crippen molar-refractivity contribution < 1.29 is 18.9 Å². The van der Waals surface area contributed by atoms with Crippen LogP contribution in [0, 0.1) is 0 Å². The zero-order valence-electron chi connectivity index (χ0n) is 14.8. The van der Waals surface area contributed by atoms with Gasteiger partial charge in [0, 0.05) is 13.1 Å². The molecule has 1 aliphatic heterocycles. The van der Waals surface area contributed by atoms with Gasteiger partial charge in [-0.3, -0.25) is 4.84 Å². The third-order valence-corrected chi connectivity index (χ3v) is 3.40. The standard InChI is InChI=1S/C17H29FN2O3/c1-6-8-9-14(7-2)13-22-20(18)15-10-11-19(12-15)16(21)23-17(3,4)5/h7-9,15H,6,10-13H2,1-5H3/b9-8-,14-7+. The van der Waals surface area contributed by atoms with Crippen LogP contribution in [-0.2, 0) is 9.57 Å². The first kappa shape index (κ1) is 19.6. The average Bonchev–Trinajstić information content (AvgIpc) is 2.95. The van der Waals surface area contributed by atoms with Crippen LogP contribution in [0.25, 0.3) is 0 Å². The molecule has 0 aromatic rings. The van der Waals surface area contributed by atoms with Crippen molar-refractivity contribution in [1.29, 1.82) is 0 Å². The van der Waals surface area contributed by atoms with Crippen molar-refractivity contribution >= 4 is 6.09 Å². The molecule has 1 amide bonds. The monoisotopic (exact) mass is 328 g/mol. The summed E-state index contributed by atoms with van der Waals surface area (Å²) in [5, 5.41) is 0.369. The van der Waals surface area contributed by atoms with E-state index in [2.05, 4.69) is 0 Å². The van der Waals surface area contributed by atoms with E-state index in [1.54, 1.807) is 0 Å². The SMILES string of the molecule is C/C=C(\C=C/CC)CON(F)C1CCN(C(=O)OC(C)(C)C)C1. The predicted octanol–water partition coefficient (Wildman–Crippen LogP) is 4.03. The van der Waals surface area contributed by atoms with Crippen LogP contribution >= 0.6 is 0 Å². The Morgan fingerprint density at radius 1 is 1.43 bits per heavy atom. The summed E-state index contributed by atoms with van der Waals surface area (Å²) in [7, 11) is 0. The van der Waals surface area contributed by atoms with Gasteiger partial charge in [-0.15, -0.1) is 4.48 Å². The van der Waals surface area contributed by atoms with E-state index >= 15 is 0 Å². The van der Waals surface area contributed by atoms with E-state index in [1.807, 2.05) is 52.8 Å². The first-order chi connectivity index (χ1) is 10.8. The fourth-order valence-corrected chi connectivity index (χ4v) is 2.14. The smallest absolute Gasteiger partial charge is 0.410 e. The normalized spacial score (nSPS) is 19.9. The lowest BCUT2D eigenvalue weighted by Crippen LogP contribution is -2.38. The van der Waals surface area contributed by atoms with Crippen molar-refractivity contribution in [1.82, 2.24) is 10.2 Å². The minimum absolute atomic E-state index is 0.173. The van der Waals surface area contributed by atoms with Crippen molar-refractivity contribution in [3.8, 4) is 0 Å². The molecule has 1 unspecified atom stereocenters. The van der Waals surface area contributed by atoms with Crippen molar-refractivity contribution in [2.45, 2.75) is 59.1 Å². The largest absolute Gasteiger partial charge is 0.444 e. The number of carbonyl (C=O) groups excluding carboxylic acids is 1. The first-order valence-electron chi connectivity index (χ1n) is 8.14. The van der Waals surface area contributed by atoms with Crippen molar-refractivity contribution in [2.75, 3.05) is 19.7 Å². The lowest BCUT2D eigenvalue weighted by atomic mass is 10.2. The quantitative estimate of drug-likeness (QED) is 0.419. The fraction of sp³-hybridized carbons (Fsp3) is 0.706. The summed E-state index contributed by atoms with van der Waals surface area (Å²) < 4.78 is 19.4. The highest BCUT2D eigenvalue weighted by Crippen LogP contribution is 2.20. The molecule has 0 aliphatic carbocycles. The molecule has 0 bridgehead atoms. The van der Waals surface area contributed by atoms with E-state index in [0.717, 1.165) is 12.0 Å². The van der Waals surface area contributed by atoms with Crippen LogP contribution in [0.2, 0.25) is 0 Å². The van der Waals surface area contributed by atoms with Gasteiger partial charge in [-0.25, -0.2) is 4.79 Å². The molecule has 0 radical (unpaired) electrons. The third-order valence-electron chi connectivity index (χ3n) is 3.40. The van der Waals surface area contributed by atoms with Crippen LogP contribution in [0.3, 0.4) is 0 Å². The van der Waals surface area contributed by atoms with Crippen molar-refractivity contribution in [2.24, 2.45) is 0 Å². The van der Waals surface area contributed by atoms with E-state index in [4.69, 9.17) is 9.57 Å². The Kier molecular flexibility index (Phi) is 7.72. The molecule has 0 aromatic carbocycles. The number of allylic oxidation sites excluding steroid dienone is 2.